The van der Waals surface area contributed by atoms with Crippen molar-refractivity contribution in [3.05, 3.63) is 29.8 Å². The van der Waals surface area contributed by atoms with Gasteiger partial charge in [0, 0.05) is 6.54 Å². The van der Waals surface area contributed by atoms with Crippen LogP contribution in [0.4, 0.5) is 0 Å². The number of fused-ring (bicyclic) bond motifs is 7. The lowest BCUT2D eigenvalue weighted by Crippen LogP contribution is -2.54. The van der Waals surface area contributed by atoms with Gasteiger partial charge in [0.05, 0.1) is 32.0 Å². The minimum atomic E-state index is 0.414. The summed E-state index contributed by atoms with van der Waals surface area (Å²) in [7, 11) is 1.73. The van der Waals surface area contributed by atoms with Gasteiger partial charge in [-0.15, -0.1) is 0 Å². The van der Waals surface area contributed by atoms with E-state index in [-0.39, 0.29) is 0 Å². The third-order valence-electron chi connectivity index (χ3n) is 14.3. The molecule has 0 amide bonds. The van der Waals surface area contributed by atoms with Crippen molar-refractivity contribution >= 4 is 0 Å². The van der Waals surface area contributed by atoms with Crippen LogP contribution in [0.3, 0.4) is 0 Å². The maximum absolute atomic E-state index is 7.03. The van der Waals surface area contributed by atoms with Gasteiger partial charge in [-0.2, -0.15) is 0 Å². The predicted octanol–water partition coefficient (Wildman–Crippen LogP) is 9.01. The van der Waals surface area contributed by atoms with E-state index in [9.17, 15) is 0 Å². The monoisotopic (exact) mass is 593 g/mol. The Morgan fingerprint density at radius 3 is 2.42 bits per heavy atom. The zero-order valence-corrected chi connectivity index (χ0v) is 28.7. The van der Waals surface area contributed by atoms with E-state index in [1.165, 1.54) is 89.4 Å². The van der Waals surface area contributed by atoms with Crippen LogP contribution in [0.15, 0.2) is 24.3 Å². The first-order chi connectivity index (χ1) is 20.7. The molecule has 1 aromatic rings. The minimum absolute atomic E-state index is 0.414. The summed E-state index contributed by atoms with van der Waals surface area (Å²) in [5, 5.41) is 0. The molecule has 1 aromatic carbocycles. The number of methoxy groups -OCH3 is 1. The van der Waals surface area contributed by atoms with Crippen LogP contribution in [0.1, 0.15) is 111 Å². The summed E-state index contributed by atoms with van der Waals surface area (Å²) < 4.78 is 18.9. The summed E-state index contributed by atoms with van der Waals surface area (Å²) in [6.07, 6.45) is 14.9. The molecule has 4 aliphatic carbocycles. The number of benzene rings is 1. The van der Waals surface area contributed by atoms with Gasteiger partial charge in [-0.1, -0.05) is 53.7 Å². The normalized spacial score (nSPS) is 42.7. The predicted molar refractivity (Wildman–Crippen MR) is 176 cm³/mol. The van der Waals surface area contributed by atoms with Crippen LogP contribution in [0.25, 0.3) is 0 Å². The first kappa shape index (κ1) is 31.9. The lowest BCUT2D eigenvalue weighted by Gasteiger charge is -2.61. The van der Waals surface area contributed by atoms with Crippen molar-refractivity contribution in [2.24, 2.45) is 52.3 Å². The third kappa shape index (κ3) is 5.96. The molecule has 1 heterocycles. The zero-order valence-electron chi connectivity index (χ0n) is 28.7. The number of rotatable bonds is 11. The van der Waals surface area contributed by atoms with Crippen molar-refractivity contribution in [2.75, 3.05) is 26.7 Å². The van der Waals surface area contributed by atoms with E-state index in [0.29, 0.717) is 35.1 Å². The second-order valence-electron chi connectivity index (χ2n) is 16.3. The van der Waals surface area contributed by atoms with Crippen molar-refractivity contribution in [2.45, 2.75) is 131 Å². The second-order valence-corrected chi connectivity index (χ2v) is 16.3. The highest BCUT2D eigenvalue weighted by Crippen LogP contribution is 2.70. The molecule has 0 bridgehead atoms. The average Bonchev–Trinajstić information content (AvgIpc) is 3.50. The van der Waals surface area contributed by atoms with E-state index < -0.39 is 0 Å². The smallest absolute Gasteiger partial charge is 0.118 e. The maximum atomic E-state index is 7.03. The summed E-state index contributed by atoms with van der Waals surface area (Å²) in [4.78, 5) is 2.58. The Labute approximate surface area is 264 Å². The summed E-state index contributed by atoms with van der Waals surface area (Å²) in [5.74, 6) is 6.66. The molecule has 4 heteroatoms. The Kier molecular flexibility index (Phi) is 9.60. The molecule has 0 spiro atoms. The first-order valence-electron chi connectivity index (χ1n) is 18.3. The van der Waals surface area contributed by atoms with Crippen LogP contribution in [0, 0.1) is 52.3 Å². The standard InChI is InChI=1S/C39H63NO3/c1-8-40(9-2)24-26(3)10-17-35-27(4)37-36(43-35)23-34-32-16-13-29-22-31(42-25-28-11-14-30(41-7)15-12-28)18-20-38(29,5)33(32)19-21-39(34,37)6/h11-12,14-15,26-27,29,31-37H,8-10,13,16-25H2,1-7H3/t26-,27+,29+,31-,32+,33-,34-,35+,36-,37-,38-,39-/m0/s1. The van der Waals surface area contributed by atoms with Gasteiger partial charge in [-0.05, 0) is 147 Å². The van der Waals surface area contributed by atoms with Crippen molar-refractivity contribution < 1.29 is 14.2 Å². The fourth-order valence-electron chi connectivity index (χ4n) is 11.8. The Morgan fingerprint density at radius 2 is 1.70 bits per heavy atom. The van der Waals surface area contributed by atoms with E-state index in [0.717, 1.165) is 47.9 Å². The molecule has 43 heavy (non-hydrogen) atoms. The maximum Gasteiger partial charge on any atom is 0.118 e. The van der Waals surface area contributed by atoms with Gasteiger partial charge in [0.1, 0.15) is 5.75 Å². The van der Waals surface area contributed by atoms with Crippen LogP contribution in [0.5, 0.6) is 5.75 Å². The lowest BCUT2D eigenvalue weighted by atomic mass is 9.44. The second kappa shape index (κ2) is 13.0. The Balaban J connectivity index is 1.04. The molecular weight excluding hydrogens is 530 g/mol. The van der Waals surface area contributed by atoms with Crippen LogP contribution in [-0.2, 0) is 16.1 Å². The number of ether oxygens (including phenoxy) is 3. The molecule has 0 unspecified atom stereocenters. The summed E-state index contributed by atoms with van der Waals surface area (Å²) in [6.45, 7) is 19.3. The Morgan fingerprint density at radius 1 is 0.953 bits per heavy atom. The van der Waals surface area contributed by atoms with Gasteiger partial charge >= 0.3 is 0 Å². The van der Waals surface area contributed by atoms with Gasteiger partial charge in [0.25, 0.3) is 0 Å². The highest BCUT2D eigenvalue weighted by molar-refractivity contribution is 5.26. The van der Waals surface area contributed by atoms with Gasteiger partial charge in [0.2, 0.25) is 0 Å². The van der Waals surface area contributed by atoms with Crippen molar-refractivity contribution in [1.82, 2.24) is 4.90 Å². The fraction of sp³-hybridized carbons (Fsp3) is 0.846. The van der Waals surface area contributed by atoms with E-state index in [1.54, 1.807) is 7.11 Å². The molecule has 4 nitrogen and oxygen atoms in total. The molecule has 4 saturated carbocycles. The lowest BCUT2D eigenvalue weighted by molar-refractivity contribution is -0.139. The molecule has 0 aromatic heterocycles. The van der Waals surface area contributed by atoms with Crippen molar-refractivity contribution in [1.29, 1.82) is 0 Å². The average molecular weight is 594 g/mol. The molecule has 6 rings (SSSR count). The molecule has 242 valence electrons. The highest BCUT2D eigenvalue weighted by Gasteiger charge is 2.65. The van der Waals surface area contributed by atoms with Gasteiger partial charge in [0.15, 0.2) is 0 Å². The van der Waals surface area contributed by atoms with Crippen LogP contribution in [0.2, 0.25) is 0 Å². The molecule has 1 aliphatic heterocycles. The molecule has 12 atom stereocenters. The first-order valence-corrected chi connectivity index (χ1v) is 18.3. The van der Waals surface area contributed by atoms with Gasteiger partial charge < -0.3 is 19.1 Å². The molecule has 1 saturated heterocycles. The number of hydrogen-bond donors (Lipinski definition) is 0. The quantitative estimate of drug-likeness (QED) is 0.256. The summed E-state index contributed by atoms with van der Waals surface area (Å²) in [6, 6.07) is 8.39. The topological polar surface area (TPSA) is 30.9 Å². The molecule has 5 aliphatic rings. The molecule has 0 N–H and O–H groups in total. The van der Waals surface area contributed by atoms with Crippen molar-refractivity contribution in [3.8, 4) is 5.75 Å². The Bertz CT molecular complexity index is 1060. The zero-order chi connectivity index (χ0) is 30.4. The van der Waals surface area contributed by atoms with Crippen LogP contribution in [-0.4, -0.2) is 50.0 Å². The Hall–Kier alpha value is -1.10. The summed E-state index contributed by atoms with van der Waals surface area (Å²) in [5.41, 5.74) is 2.23. The molecular formula is C39H63NO3. The van der Waals surface area contributed by atoms with Gasteiger partial charge in [-0.3, -0.25) is 0 Å². The summed E-state index contributed by atoms with van der Waals surface area (Å²) >= 11 is 0. The molecule has 5 fully saturated rings. The van der Waals surface area contributed by atoms with E-state index in [1.807, 2.05) is 12.1 Å². The highest BCUT2D eigenvalue weighted by atomic mass is 16.5. The number of hydrogen-bond acceptors (Lipinski definition) is 4. The van der Waals surface area contributed by atoms with E-state index in [2.05, 4.69) is 58.6 Å². The van der Waals surface area contributed by atoms with Crippen molar-refractivity contribution in [3.63, 3.8) is 0 Å². The minimum Gasteiger partial charge on any atom is -0.497 e. The van der Waals surface area contributed by atoms with E-state index in [4.69, 9.17) is 14.2 Å². The fourth-order valence-corrected chi connectivity index (χ4v) is 11.8. The van der Waals surface area contributed by atoms with E-state index >= 15 is 0 Å². The largest absolute Gasteiger partial charge is 0.497 e. The number of nitrogens with zero attached hydrogens (tertiary/aromatic N) is 1. The van der Waals surface area contributed by atoms with Gasteiger partial charge in [-0.25, -0.2) is 0 Å². The van der Waals surface area contributed by atoms with Crippen LogP contribution < -0.4 is 4.74 Å². The van der Waals surface area contributed by atoms with Crippen LogP contribution >= 0.6 is 0 Å². The molecule has 0 radical (unpaired) electrons. The third-order valence-corrected chi connectivity index (χ3v) is 14.3. The SMILES string of the molecule is CCN(CC)C[C@@H](C)CC[C@H]1O[C@H]2C[C@H]3[C@@H]4CC[C@@H]5C[C@@H](OCc6ccc(OC)cc6)CC[C@]5(C)[C@H]4CC[C@]3(C)[C@H]2[C@@H]1C.